The van der Waals surface area contributed by atoms with E-state index < -0.39 is 0 Å². The molecule has 0 atom stereocenters. The minimum atomic E-state index is -0.366. The summed E-state index contributed by atoms with van der Waals surface area (Å²) >= 11 is 5.93. The van der Waals surface area contributed by atoms with E-state index in [0.717, 1.165) is 49.5 Å². The van der Waals surface area contributed by atoms with Gasteiger partial charge in [0.1, 0.15) is 11.0 Å². The summed E-state index contributed by atoms with van der Waals surface area (Å²) in [4.78, 5) is 41.8. The van der Waals surface area contributed by atoms with E-state index in [9.17, 15) is 9.59 Å². The van der Waals surface area contributed by atoms with Crippen molar-refractivity contribution in [2.75, 3.05) is 37.6 Å². The van der Waals surface area contributed by atoms with Crippen LogP contribution in [-0.2, 0) is 20.6 Å². The first-order valence-electron chi connectivity index (χ1n) is 9.51. The third-order valence-electron chi connectivity index (χ3n) is 5.38. The SMILES string of the molecule is Cn1c(=O)c2c(ncn2CCCN2CCN(c3cncc(Cl)n3)CC2)n(C)c1=O. The van der Waals surface area contributed by atoms with Crippen molar-refractivity contribution in [1.82, 2.24) is 33.6 Å². The van der Waals surface area contributed by atoms with Gasteiger partial charge < -0.3 is 9.47 Å². The first-order chi connectivity index (χ1) is 14.0. The number of hydrogen-bond acceptors (Lipinski definition) is 7. The van der Waals surface area contributed by atoms with Gasteiger partial charge in [-0.15, -0.1) is 0 Å². The number of aryl methyl sites for hydroxylation is 2. The second-order valence-electron chi connectivity index (χ2n) is 7.20. The summed E-state index contributed by atoms with van der Waals surface area (Å²) in [6.07, 6.45) is 5.79. The molecule has 0 aromatic carbocycles. The summed E-state index contributed by atoms with van der Waals surface area (Å²) in [7, 11) is 3.12. The molecule has 0 unspecified atom stereocenters. The lowest BCUT2D eigenvalue weighted by Crippen LogP contribution is -2.47. The van der Waals surface area contributed by atoms with Gasteiger partial charge in [0.25, 0.3) is 5.56 Å². The Kier molecular flexibility index (Phi) is 5.37. The molecule has 154 valence electrons. The lowest BCUT2D eigenvalue weighted by Gasteiger charge is -2.35. The van der Waals surface area contributed by atoms with E-state index in [4.69, 9.17) is 11.6 Å². The molecule has 1 fully saturated rings. The second-order valence-corrected chi connectivity index (χ2v) is 7.59. The number of hydrogen-bond donors (Lipinski definition) is 0. The van der Waals surface area contributed by atoms with Gasteiger partial charge in [-0.05, 0) is 13.0 Å². The molecule has 3 aromatic rings. The monoisotopic (exact) mass is 418 g/mol. The number of piperazine rings is 1. The van der Waals surface area contributed by atoms with Crippen LogP contribution in [0.5, 0.6) is 0 Å². The van der Waals surface area contributed by atoms with Gasteiger partial charge in [-0.1, -0.05) is 11.6 Å². The van der Waals surface area contributed by atoms with Crippen LogP contribution >= 0.6 is 11.6 Å². The molecular formula is C18H23ClN8O2. The number of imidazole rings is 1. The van der Waals surface area contributed by atoms with Crippen LogP contribution in [0.2, 0.25) is 5.15 Å². The third kappa shape index (κ3) is 3.77. The van der Waals surface area contributed by atoms with Crippen molar-refractivity contribution < 1.29 is 0 Å². The fourth-order valence-electron chi connectivity index (χ4n) is 3.72. The van der Waals surface area contributed by atoms with E-state index in [1.807, 2.05) is 4.57 Å². The lowest BCUT2D eigenvalue weighted by atomic mass is 10.3. The number of halogens is 1. The van der Waals surface area contributed by atoms with Crippen molar-refractivity contribution >= 4 is 28.6 Å². The summed E-state index contributed by atoms with van der Waals surface area (Å²) < 4.78 is 4.37. The summed E-state index contributed by atoms with van der Waals surface area (Å²) in [6, 6.07) is 0. The molecule has 1 aliphatic rings. The van der Waals surface area contributed by atoms with Gasteiger partial charge in [0.2, 0.25) is 0 Å². The van der Waals surface area contributed by atoms with Crippen LogP contribution < -0.4 is 16.1 Å². The van der Waals surface area contributed by atoms with Gasteiger partial charge >= 0.3 is 5.69 Å². The molecule has 10 nitrogen and oxygen atoms in total. The molecular weight excluding hydrogens is 396 g/mol. The number of nitrogens with zero attached hydrogens (tertiary/aromatic N) is 8. The zero-order valence-electron chi connectivity index (χ0n) is 16.5. The van der Waals surface area contributed by atoms with Gasteiger partial charge in [-0.2, -0.15) is 0 Å². The quantitative estimate of drug-likeness (QED) is 0.579. The normalized spacial score (nSPS) is 15.3. The van der Waals surface area contributed by atoms with Gasteiger partial charge in [0, 0.05) is 46.8 Å². The molecule has 0 saturated carbocycles. The van der Waals surface area contributed by atoms with Gasteiger partial charge in [0.05, 0.1) is 18.7 Å². The van der Waals surface area contributed by atoms with Crippen LogP contribution in [0, 0.1) is 0 Å². The highest BCUT2D eigenvalue weighted by Gasteiger charge is 2.19. The van der Waals surface area contributed by atoms with Crippen molar-refractivity contribution in [2.45, 2.75) is 13.0 Å². The highest BCUT2D eigenvalue weighted by Crippen LogP contribution is 2.15. The fourth-order valence-corrected chi connectivity index (χ4v) is 3.86. The lowest BCUT2D eigenvalue weighted by molar-refractivity contribution is 0.250. The summed E-state index contributed by atoms with van der Waals surface area (Å²) in [5, 5.41) is 0.404. The average Bonchev–Trinajstić information content (AvgIpc) is 3.15. The third-order valence-corrected chi connectivity index (χ3v) is 5.56. The van der Waals surface area contributed by atoms with E-state index >= 15 is 0 Å². The molecule has 0 bridgehead atoms. The highest BCUT2D eigenvalue weighted by atomic mass is 35.5. The molecule has 0 spiro atoms. The molecule has 0 radical (unpaired) electrons. The maximum absolute atomic E-state index is 12.5. The van der Waals surface area contributed by atoms with Crippen LogP contribution in [0.25, 0.3) is 11.2 Å². The first-order valence-corrected chi connectivity index (χ1v) is 9.89. The van der Waals surface area contributed by atoms with Gasteiger partial charge in [-0.3, -0.25) is 23.8 Å². The number of aromatic nitrogens is 6. The minimum Gasteiger partial charge on any atom is -0.353 e. The Labute approximate surface area is 172 Å². The number of rotatable bonds is 5. The number of anilines is 1. The Balaban J connectivity index is 1.36. The Morgan fingerprint density at radius 1 is 1.03 bits per heavy atom. The molecule has 0 aliphatic carbocycles. The Morgan fingerprint density at radius 3 is 2.52 bits per heavy atom. The van der Waals surface area contributed by atoms with Crippen molar-refractivity contribution in [3.8, 4) is 0 Å². The minimum absolute atomic E-state index is 0.308. The molecule has 11 heteroatoms. The molecule has 3 aromatic heterocycles. The molecule has 0 N–H and O–H groups in total. The average molecular weight is 419 g/mol. The standard InChI is InChI=1S/C18H23ClN8O2/c1-23-16-15(17(28)24(2)18(23)29)27(12-21-16)5-3-4-25-6-8-26(9-7-25)14-11-20-10-13(19)22-14/h10-12H,3-9H2,1-2H3. The molecule has 4 rings (SSSR count). The van der Waals surface area contributed by atoms with Crippen molar-refractivity contribution in [2.24, 2.45) is 14.1 Å². The Hall–Kier alpha value is -2.72. The Morgan fingerprint density at radius 2 is 1.79 bits per heavy atom. The van der Waals surface area contributed by atoms with Crippen LogP contribution in [-0.4, -0.2) is 66.3 Å². The fraction of sp³-hybridized carbons (Fsp3) is 0.500. The summed E-state index contributed by atoms with van der Waals surface area (Å²) in [5.41, 5.74) is 0.222. The van der Waals surface area contributed by atoms with E-state index in [-0.39, 0.29) is 11.2 Å². The van der Waals surface area contributed by atoms with Crippen LogP contribution in [0.4, 0.5) is 5.82 Å². The van der Waals surface area contributed by atoms with Crippen molar-refractivity contribution in [3.63, 3.8) is 0 Å². The topological polar surface area (TPSA) is 94.1 Å². The summed E-state index contributed by atoms with van der Waals surface area (Å²) in [5.74, 6) is 0.809. The van der Waals surface area contributed by atoms with E-state index in [1.54, 1.807) is 19.6 Å². The van der Waals surface area contributed by atoms with Crippen molar-refractivity contribution in [3.05, 3.63) is 44.7 Å². The van der Waals surface area contributed by atoms with E-state index in [0.29, 0.717) is 22.9 Å². The smallest absolute Gasteiger partial charge is 0.332 e. The number of fused-ring (bicyclic) bond motifs is 1. The zero-order chi connectivity index (χ0) is 20.5. The first kappa shape index (κ1) is 19.6. The maximum atomic E-state index is 12.5. The zero-order valence-corrected chi connectivity index (χ0v) is 17.2. The maximum Gasteiger partial charge on any atom is 0.332 e. The van der Waals surface area contributed by atoms with Crippen LogP contribution in [0.3, 0.4) is 0 Å². The van der Waals surface area contributed by atoms with Crippen molar-refractivity contribution in [1.29, 1.82) is 0 Å². The molecule has 4 heterocycles. The highest BCUT2D eigenvalue weighted by molar-refractivity contribution is 6.29. The molecule has 1 saturated heterocycles. The predicted molar refractivity (Wildman–Crippen MR) is 111 cm³/mol. The molecule has 1 aliphatic heterocycles. The van der Waals surface area contributed by atoms with Gasteiger partial charge in [-0.25, -0.2) is 14.8 Å². The van der Waals surface area contributed by atoms with E-state index in [1.165, 1.54) is 17.8 Å². The largest absolute Gasteiger partial charge is 0.353 e. The van der Waals surface area contributed by atoms with Crippen LogP contribution in [0.1, 0.15) is 6.42 Å². The molecule has 29 heavy (non-hydrogen) atoms. The predicted octanol–water partition coefficient (Wildman–Crippen LogP) is 0.0894. The Bertz CT molecular complexity index is 1140. The van der Waals surface area contributed by atoms with Crippen LogP contribution in [0.15, 0.2) is 28.3 Å². The molecule has 0 amide bonds. The van der Waals surface area contributed by atoms with E-state index in [2.05, 4.69) is 24.8 Å². The second kappa shape index (κ2) is 7.96. The van der Waals surface area contributed by atoms with Gasteiger partial charge in [0.15, 0.2) is 11.2 Å². The summed E-state index contributed by atoms with van der Waals surface area (Å²) in [6.45, 7) is 5.17.